The molecule has 0 amide bonds. The number of carbonyl (C=O) groups is 1. The van der Waals surface area contributed by atoms with Gasteiger partial charge in [-0.2, -0.15) is 5.10 Å². The van der Waals surface area contributed by atoms with Gasteiger partial charge in [-0.05, 0) is 25.7 Å². The third-order valence-corrected chi connectivity index (χ3v) is 3.99. The molecule has 1 atom stereocenters. The number of hydrogen-bond donors (Lipinski definition) is 2. The lowest BCUT2D eigenvalue weighted by Crippen LogP contribution is -2.32. The molecule has 0 spiro atoms. The van der Waals surface area contributed by atoms with Gasteiger partial charge >= 0.3 is 5.97 Å². The first-order valence-corrected chi connectivity index (χ1v) is 6.57. The summed E-state index contributed by atoms with van der Waals surface area (Å²) in [4.78, 5) is 11.1. The lowest BCUT2D eigenvalue weighted by molar-refractivity contribution is 0.0695. The van der Waals surface area contributed by atoms with Crippen LogP contribution in [0.1, 0.15) is 48.7 Å². The predicted molar refractivity (Wildman–Crippen MR) is 68.4 cm³/mol. The molecule has 1 aromatic rings. The van der Waals surface area contributed by atoms with Crippen molar-refractivity contribution in [1.29, 1.82) is 0 Å². The fourth-order valence-electron chi connectivity index (χ4n) is 2.73. The number of rotatable bonds is 5. The summed E-state index contributed by atoms with van der Waals surface area (Å²) in [6, 6.07) is 0.434. The second-order valence-corrected chi connectivity index (χ2v) is 5.15. The highest BCUT2D eigenvalue weighted by Crippen LogP contribution is 2.27. The van der Waals surface area contributed by atoms with E-state index in [9.17, 15) is 4.79 Å². The van der Waals surface area contributed by atoms with Gasteiger partial charge < -0.3 is 10.4 Å². The number of nitrogens with zero attached hydrogens (tertiary/aromatic N) is 2. The summed E-state index contributed by atoms with van der Waals surface area (Å²) in [6.45, 7) is 2.75. The monoisotopic (exact) mass is 251 g/mol. The predicted octanol–water partition coefficient (Wildman–Crippen LogP) is 1.79. The van der Waals surface area contributed by atoms with Crippen LogP contribution in [0, 0.1) is 5.92 Å². The van der Waals surface area contributed by atoms with Gasteiger partial charge in [0.05, 0.1) is 11.9 Å². The molecule has 0 aliphatic heterocycles. The highest BCUT2D eigenvalue weighted by molar-refractivity contribution is 5.88. The van der Waals surface area contributed by atoms with E-state index in [4.69, 9.17) is 5.11 Å². The standard InChI is InChI=1S/C13H21N3O2/c1-9(10-5-3-4-6-10)14-8-12-11(13(17)18)7-15-16(12)2/h7,9-10,14H,3-6,8H2,1-2H3,(H,17,18)/t9-/m0/s1. The third kappa shape index (κ3) is 2.72. The second kappa shape index (κ2) is 5.52. The molecule has 5 nitrogen and oxygen atoms in total. The molecule has 0 radical (unpaired) electrons. The lowest BCUT2D eigenvalue weighted by atomic mass is 10.00. The minimum atomic E-state index is -0.909. The summed E-state index contributed by atoms with van der Waals surface area (Å²) in [5, 5.41) is 16.5. The molecule has 2 N–H and O–H groups in total. The first kappa shape index (κ1) is 13.1. The van der Waals surface area contributed by atoms with Crippen LogP contribution in [0.4, 0.5) is 0 Å². The van der Waals surface area contributed by atoms with Crippen molar-refractivity contribution < 1.29 is 9.90 Å². The van der Waals surface area contributed by atoms with Gasteiger partial charge in [-0.1, -0.05) is 12.8 Å². The quantitative estimate of drug-likeness (QED) is 0.837. The van der Waals surface area contributed by atoms with Crippen molar-refractivity contribution in [2.45, 2.75) is 45.2 Å². The van der Waals surface area contributed by atoms with Gasteiger partial charge in [0.15, 0.2) is 0 Å². The van der Waals surface area contributed by atoms with Crippen LogP contribution in [0.3, 0.4) is 0 Å². The molecule has 1 aromatic heterocycles. The molecule has 0 bridgehead atoms. The summed E-state index contributed by atoms with van der Waals surface area (Å²) < 4.78 is 1.64. The lowest BCUT2D eigenvalue weighted by Gasteiger charge is -2.20. The molecule has 0 saturated heterocycles. The molecule has 100 valence electrons. The first-order valence-electron chi connectivity index (χ1n) is 6.57. The van der Waals surface area contributed by atoms with E-state index < -0.39 is 5.97 Å². The van der Waals surface area contributed by atoms with Crippen LogP contribution >= 0.6 is 0 Å². The number of hydrogen-bond acceptors (Lipinski definition) is 3. The summed E-state index contributed by atoms with van der Waals surface area (Å²) in [5.41, 5.74) is 1.04. The fourth-order valence-corrected chi connectivity index (χ4v) is 2.73. The summed E-state index contributed by atoms with van der Waals surface area (Å²) in [7, 11) is 1.78. The Morgan fingerprint density at radius 3 is 2.89 bits per heavy atom. The van der Waals surface area contributed by atoms with E-state index in [2.05, 4.69) is 17.3 Å². The number of carboxylic acids is 1. The molecule has 2 rings (SSSR count). The number of nitrogens with one attached hydrogen (secondary N) is 1. The molecular formula is C13H21N3O2. The van der Waals surface area contributed by atoms with Gasteiger partial charge in [-0.25, -0.2) is 4.79 Å². The Morgan fingerprint density at radius 1 is 1.61 bits per heavy atom. The fraction of sp³-hybridized carbons (Fsp3) is 0.692. The first-order chi connectivity index (χ1) is 8.59. The molecule has 1 aliphatic rings. The van der Waals surface area contributed by atoms with Crippen LogP contribution in [0.15, 0.2) is 6.20 Å². The minimum absolute atomic E-state index is 0.295. The molecule has 0 aromatic carbocycles. The van der Waals surface area contributed by atoms with E-state index >= 15 is 0 Å². The Kier molecular flexibility index (Phi) is 4.01. The summed E-state index contributed by atoms with van der Waals surface area (Å²) in [6.07, 6.45) is 6.63. The number of aromatic nitrogens is 2. The van der Waals surface area contributed by atoms with Crippen LogP contribution in [-0.4, -0.2) is 26.9 Å². The smallest absolute Gasteiger partial charge is 0.339 e. The Balaban J connectivity index is 1.97. The largest absolute Gasteiger partial charge is 0.478 e. The Morgan fingerprint density at radius 2 is 2.28 bits per heavy atom. The van der Waals surface area contributed by atoms with Crippen LogP contribution in [0.2, 0.25) is 0 Å². The van der Waals surface area contributed by atoms with Crippen LogP contribution in [0.25, 0.3) is 0 Å². The van der Waals surface area contributed by atoms with Gasteiger partial charge in [-0.15, -0.1) is 0 Å². The maximum absolute atomic E-state index is 11.1. The van der Waals surface area contributed by atoms with E-state index in [-0.39, 0.29) is 0 Å². The maximum atomic E-state index is 11.1. The zero-order valence-corrected chi connectivity index (χ0v) is 11.0. The highest BCUT2D eigenvalue weighted by atomic mass is 16.4. The van der Waals surface area contributed by atoms with Crippen LogP contribution in [0.5, 0.6) is 0 Å². The third-order valence-electron chi connectivity index (χ3n) is 3.99. The molecule has 1 heterocycles. The summed E-state index contributed by atoms with van der Waals surface area (Å²) in [5.74, 6) is -0.181. The zero-order chi connectivity index (χ0) is 13.1. The van der Waals surface area contributed by atoms with E-state index in [1.54, 1.807) is 11.7 Å². The molecule has 18 heavy (non-hydrogen) atoms. The molecule has 0 unspecified atom stereocenters. The Labute approximate surface area is 107 Å². The highest BCUT2D eigenvalue weighted by Gasteiger charge is 2.22. The number of aromatic carboxylic acids is 1. The molecule has 5 heteroatoms. The van der Waals surface area contributed by atoms with Gasteiger partial charge in [0.1, 0.15) is 5.56 Å². The van der Waals surface area contributed by atoms with Crippen LogP contribution < -0.4 is 5.32 Å². The van der Waals surface area contributed by atoms with Crippen molar-refractivity contribution in [2.75, 3.05) is 0 Å². The number of aryl methyl sites for hydroxylation is 1. The van der Waals surface area contributed by atoms with Gasteiger partial charge in [0, 0.05) is 19.6 Å². The molecule has 1 aliphatic carbocycles. The number of carboxylic acid groups (broad SMARTS) is 1. The van der Waals surface area contributed by atoms with Crippen molar-refractivity contribution in [1.82, 2.24) is 15.1 Å². The van der Waals surface area contributed by atoms with Gasteiger partial charge in [-0.3, -0.25) is 4.68 Å². The van der Waals surface area contributed by atoms with Crippen molar-refractivity contribution in [2.24, 2.45) is 13.0 Å². The minimum Gasteiger partial charge on any atom is -0.478 e. The topological polar surface area (TPSA) is 67.2 Å². The van der Waals surface area contributed by atoms with Crippen molar-refractivity contribution in [3.8, 4) is 0 Å². The zero-order valence-electron chi connectivity index (χ0n) is 11.0. The van der Waals surface area contributed by atoms with E-state index in [1.807, 2.05) is 0 Å². The average molecular weight is 251 g/mol. The van der Waals surface area contributed by atoms with E-state index in [0.717, 1.165) is 11.6 Å². The molecular weight excluding hydrogens is 230 g/mol. The Hall–Kier alpha value is -1.36. The van der Waals surface area contributed by atoms with E-state index in [0.29, 0.717) is 18.2 Å². The SMILES string of the molecule is C[C@H](NCc1c(C(=O)O)cnn1C)C1CCCC1. The Bertz CT molecular complexity index is 422. The maximum Gasteiger partial charge on any atom is 0.339 e. The van der Waals surface area contributed by atoms with Gasteiger partial charge in [0.25, 0.3) is 0 Å². The molecule has 1 saturated carbocycles. The second-order valence-electron chi connectivity index (χ2n) is 5.15. The van der Waals surface area contributed by atoms with Crippen LogP contribution in [-0.2, 0) is 13.6 Å². The molecule has 1 fully saturated rings. The average Bonchev–Trinajstić information content (AvgIpc) is 2.95. The van der Waals surface area contributed by atoms with Crippen molar-refractivity contribution >= 4 is 5.97 Å². The summed E-state index contributed by atoms with van der Waals surface area (Å²) >= 11 is 0. The van der Waals surface area contributed by atoms with Crippen molar-refractivity contribution in [3.05, 3.63) is 17.5 Å². The normalized spacial score (nSPS) is 18.1. The van der Waals surface area contributed by atoms with E-state index in [1.165, 1.54) is 31.9 Å². The van der Waals surface area contributed by atoms with Gasteiger partial charge in [0.2, 0.25) is 0 Å². The van der Waals surface area contributed by atoms with Crippen molar-refractivity contribution in [3.63, 3.8) is 0 Å².